The van der Waals surface area contributed by atoms with Crippen LogP contribution in [0.5, 0.6) is 0 Å². The fourth-order valence-electron chi connectivity index (χ4n) is 1.93. The van der Waals surface area contributed by atoms with Gasteiger partial charge in [-0.15, -0.1) is 0 Å². The SMILES string of the molecule is O=CC1(NSc2ccc([N+](=O)[O-])c(C(F)(F)F)c2)CCC1. The molecule has 0 bridgehead atoms. The number of carbonyl (C=O) groups excluding carboxylic acids is 1. The van der Waals surface area contributed by atoms with Crippen molar-refractivity contribution in [2.75, 3.05) is 0 Å². The Morgan fingerprint density at radius 3 is 2.48 bits per heavy atom. The minimum absolute atomic E-state index is 0.168. The number of halogens is 3. The summed E-state index contributed by atoms with van der Waals surface area (Å²) in [7, 11) is 0. The van der Waals surface area contributed by atoms with Crippen LogP contribution in [-0.2, 0) is 11.0 Å². The minimum Gasteiger partial charge on any atom is -0.301 e. The summed E-state index contributed by atoms with van der Waals surface area (Å²) < 4.78 is 41.3. The number of hydrogen-bond acceptors (Lipinski definition) is 5. The number of nitro benzene ring substituents is 1. The van der Waals surface area contributed by atoms with Gasteiger partial charge >= 0.3 is 6.18 Å². The summed E-state index contributed by atoms with van der Waals surface area (Å²) in [6, 6.07) is 2.76. The first-order chi connectivity index (χ1) is 9.77. The molecule has 0 radical (unpaired) electrons. The maximum Gasteiger partial charge on any atom is 0.423 e. The Labute approximate surface area is 122 Å². The van der Waals surface area contributed by atoms with E-state index in [9.17, 15) is 28.1 Å². The van der Waals surface area contributed by atoms with Crippen LogP contribution in [0.1, 0.15) is 24.8 Å². The molecule has 0 saturated heterocycles. The van der Waals surface area contributed by atoms with Crippen molar-refractivity contribution in [1.82, 2.24) is 4.72 Å². The molecule has 0 spiro atoms. The van der Waals surface area contributed by atoms with Crippen molar-refractivity contribution >= 4 is 23.9 Å². The fourth-order valence-corrected chi connectivity index (χ4v) is 2.81. The molecule has 1 N–H and O–H groups in total. The molecule has 0 unspecified atom stereocenters. The summed E-state index contributed by atoms with van der Waals surface area (Å²) in [6.07, 6.45) is -1.93. The van der Waals surface area contributed by atoms with Gasteiger partial charge in [0.15, 0.2) is 0 Å². The van der Waals surface area contributed by atoms with E-state index in [0.717, 1.165) is 30.7 Å². The van der Waals surface area contributed by atoms with E-state index in [4.69, 9.17) is 0 Å². The zero-order valence-corrected chi connectivity index (χ0v) is 11.5. The normalized spacial score (nSPS) is 17.1. The van der Waals surface area contributed by atoms with Gasteiger partial charge in [0, 0.05) is 11.0 Å². The lowest BCUT2D eigenvalue weighted by Gasteiger charge is -2.36. The van der Waals surface area contributed by atoms with Crippen LogP contribution in [0, 0.1) is 10.1 Å². The predicted octanol–water partition coefficient (Wildman–Crippen LogP) is 3.33. The van der Waals surface area contributed by atoms with Crippen molar-refractivity contribution in [1.29, 1.82) is 0 Å². The molecule has 2 rings (SSSR count). The Bertz CT molecular complexity index is 573. The van der Waals surface area contributed by atoms with Gasteiger partial charge in [0.05, 0.1) is 10.5 Å². The van der Waals surface area contributed by atoms with Gasteiger partial charge in [-0.1, -0.05) is 0 Å². The molecule has 0 heterocycles. The number of benzene rings is 1. The smallest absolute Gasteiger partial charge is 0.301 e. The van der Waals surface area contributed by atoms with Crippen LogP contribution in [0.4, 0.5) is 18.9 Å². The van der Waals surface area contributed by atoms with Gasteiger partial charge in [-0.05, 0) is 43.3 Å². The standard InChI is InChI=1S/C12H11F3N2O3S/c13-12(14,15)9-6-8(2-3-10(9)17(19)20)21-16-11(7-18)4-1-5-11/h2-3,6-7,16H,1,4-5H2. The molecule has 5 nitrogen and oxygen atoms in total. The molecule has 21 heavy (non-hydrogen) atoms. The highest BCUT2D eigenvalue weighted by molar-refractivity contribution is 7.97. The number of nitro groups is 1. The summed E-state index contributed by atoms with van der Waals surface area (Å²) in [5.74, 6) is 0. The minimum atomic E-state index is -4.81. The molecule has 1 saturated carbocycles. The number of nitrogens with one attached hydrogen (secondary N) is 1. The first-order valence-corrected chi connectivity index (χ1v) is 6.85. The van der Waals surface area contributed by atoms with Crippen molar-refractivity contribution in [3.05, 3.63) is 33.9 Å². The van der Waals surface area contributed by atoms with Crippen LogP contribution < -0.4 is 4.72 Å². The van der Waals surface area contributed by atoms with Crippen molar-refractivity contribution in [3.63, 3.8) is 0 Å². The molecule has 114 valence electrons. The fraction of sp³-hybridized carbons (Fsp3) is 0.417. The number of alkyl halides is 3. The topological polar surface area (TPSA) is 72.2 Å². The van der Waals surface area contributed by atoms with E-state index in [0.29, 0.717) is 18.9 Å². The molecule has 1 aromatic carbocycles. The lowest BCUT2D eigenvalue weighted by Crippen LogP contribution is -2.49. The number of rotatable bonds is 5. The molecule has 1 aliphatic rings. The maximum absolute atomic E-state index is 12.8. The number of nitrogens with zero attached hydrogens (tertiary/aromatic N) is 1. The van der Waals surface area contributed by atoms with Crippen LogP contribution in [0.25, 0.3) is 0 Å². The van der Waals surface area contributed by atoms with E-state index in [1.807, 2.05) is 0 Å². The van der Waals surface area contributed by atoms with Crippen molar-refractivity contribution in [2.24, 2.45) is 0 Å². The van der Waals surface area contributed by atoms with Gasteiger partial charge < -0.3 is 4.79 Å². The van der Waals surface area contributed by atoms with E-state index >= 15 is 0 Å². The van der Waals surface area contributed by atoms with Gasteiger partial charge in [0.2, 0.25) is 0 Å². The molecule has 0 atom stereocenters. The first kappa shape index (κ1) is 15.8. The van der Waals surface area contributed by atoms with Crippen molar-refractivity contribution in [3.8, 4) is 0 Å². The molecule has 1 fully saturated rings. The molecule has 0 amide bonds. The monoisotopic (exact) mass is 320 g/mol. The van der Waals surface area contributed by atoms with E-state index in [1.54, 1.807) is 0 Å². The first-order valence-electron chi connectivity index (χ1n) is 6.03. The summed E-state index contributed by atoms with van der Waals surface area (Å²) in [4.78, 5) is 20.7. The molecule has 1 aromatic rings. The van der Waals surface area contributed by atoms with Crippen molar-refractivity contribution in [2.45, 2.75) is 35.9 Å². The van der Waals surface area contributed by atoms with E-state index < -0.39 is 27.9 Å². The number of hydrogen-bond donors (Lipinski definition) is 1. The molecular formula is C12H11F3N2O3S. The lowest BCUT2D eigenvalue weighted by atomic mass is 9.79. The number of carbonyl (C=O) groups is 1. The highest BCUT2D eigenvalue weighted by Gasteiger charge is 2.39. The molecule has 0 aromatic heterocycles. The second kappa shape index (κ2) is 5.64. The van der Waals surface area contributed by atoms with Crippen LogP contribution in [0.3, 0.4) is 0 Å². The van der Waals surface area contributed by atoms with Gasteiger partial charge in [0.1, 0.15) is 11.8 Å². The van der Waals surface area contributed by atoms with E-state index in [-0.39, 0.29) is 4.90 Å². The highest BCUT2D eigenvalue weighted by atomic mass is 32.2. The van der Waals surface area contributed by atoms with Gasteiger partial charge in [-0.3, -0.25) is 10.1 Å². The van der Waals surface area contributed by atoms with Crippen LogP contribution in [-0.4, -0.2) is 16.7 Å². The summed E-state index contributed by atoms with van der Waals surface area (Å²) in [5.41, 5.74) is -2.99. The Balaban J connectivity index is 2.22. The van der Waals surface area contributed by atoms with Gasteiger partial charge in [-0.2, -0.15) is 13.2 Å². The molecular weight excluding hydrogens is 309 g/mol. The quantitative estimate of drug-likeness (QED) is 0.390. The van der Waals surface area contributed by atoms with Gasteiger partial charge in [-0.25, -0.2) is 4.72 Å². The average Bonchev–Trinajstić information content (AvgIpc) is 2.36. The van der Waals surface area contributed by atoms with E-state index in [2.05, 4.69) is 4.72 Å². The third kappa shape index (κ3) is 3.35. The van der Waals surface area contributed by atoms with Crippen LogP contribution >= 0.6 is 11.9 Å². The Hall–Kier alpha value is -1.61. The average molecular weight is 320 g/mol. The molecule has 9 heteroatoms. The predicted molar refractivity (Wildman–Crippen MR) is 69.7 cm³/mol. The van der Waals surface area contributed by atoms with Crippen molar-refractivity contribution < 1.29 is 22.9 Å². The summed E-state index contributed by atoms with van der Waals surface area (Å²) in [5, 5.41) is 10.6. The Morgan fingerprint density at radius 1 is 1.38 bits per heavy atom. The van der Waals surface area contributed by atoms with E-state index in [1.165, 1.54) is 6.07 Å². The zero-order chi connectivity index (χ0) is 15.7. The Morgan fingerprint density at radius 2 is 2.05 bits per heavy atom. The van der Waals surface area contributed by atoms with Gasteiger partial charge in [0.25, 0.3) is 5.69 Å². The molecule has 1 aliphatic carbocycles. The third-order valence-corrected chi connectivity index (χ3v) is 4.31. The largest absolute Gasteiger partial charge is 0.423 e. The summed E-state index contributed by atoms with van der Waals surface area (Å²) in [6.45, 7) is 0. The Kier molecular flexibility index (Phi) is 4.24. The third-order valence-electron chi connectivity index (χ3n) is 3.31. The van der Waals surface area contributed by atoms with Crippen LogP contribution in [0.2, 0.25) is 0 Å². The second-order valence-electron chi connectivity index (χ2n) is 4.77. The maximum atomic E-state index is 12.8. The second-order valence-corrected chi connectivity index (χ2v) is 5.65. The zero-order valence-electron chi connectivity index (χ0n) is 10.6. The summed E-state index contributed by atoms with van der Waals surface area (Å²) >= 11 is 0.875. The number of aldehydes is 1. The lowest BCUT2D eigenvalue weighted by molar-refractivity contribution is -0.388. The highest BCUT2D eigenvalue weighted by Crippen LogP contribution is 2.39. The van der Waals surface area contributed by atoms with Crippen LogP contribution in [0.15, 0.2) is 23.1 Å². The molecule has 0 aliphatic heterocycles.